The van der Waals surface area contributed by atoms with Gasteiger partial charge in [0.25, 0.3) is 0 Å². The van der Waals surface area contributed by atoms with Gasteiger partial charge in [-0.25, -0.2) is 8.42 Å². The van der Waals surface area contributed by atoms with Crippen molar-refractivity contribution in [1.29, 1.82) is 0 Å². The quantitative estimate of drug-likeness (QED) is 0.0898. The number of sulfone groups is 1. The number of rotatable bonds is 14. The number of fused-ring (bicyclic) bond motifs is 1. The Labute approximate surface area is 306 Å². The molecule has 9 heteroatoms. The van der Waals surface area contributed by atoms with Crippen molar-refractivity contribution in [3.63, 3.8) is 0 Å². The Hall–Kier alpha value is -5.77. The van der Waals surface area contributed by atoms with E-state index in [1.807, 2.05) is 67.6 Å². The molecule has 0 saturated carbocycles. The van der Waals surface area contributed by atoms with Crippen molar-refractivity contribution in [3.05, 3.63) is 168 Å². The summed E-state index contributed by atoms with van der Waals surface area (Å²) in [6, 6.07) is 34.4. The minimum absolute atomic E-state index is 0.158. The Morgan fingerprint density at radius 2 is 1.46 bits per heavy atom. The molecule has 0 saturated heterocycles. The molecule has 0 aliphatic carbocycles. The van der Waals surface area contributed by atoms with Crippen molar-refractivity contribution in [2.24, 2.45) is 5.73 Å². The van der Waals surface area contributed by atoms with E-state index in [9.17, 15) is 8.42 Å². The van der Waals surface area contributed by atoms with Crippen molar-refractivity contribution in [1.82, 2.24) is 0 Å². The number of aryl methyl sites for hydroxylation is 1. The molecule has 5 aromatic carbocycles. The lowest BCUT2D eigenvalue weighted by molar-refractivity contribution is 0.224. The van der Waals surface area contributed by atoms with Gasteiger partial charge in [-0.3, -0.25) is 0 Å². The SMILES string of the molecule is C=C(C)/C=C(/CN)C(=C)OCCc1cccc(Oc2ccc(S(=O)(=O)c3ccc(Oc4cccc(N5COc6ccc(C)cc6C5)c4)cc3)cc2)c1. The van der Waals surface area contributed by atoms with Crippen molar-refractivity contribution < 1.29 is 27.4 Å². The van der Waals surface area contributed by atoms with Crippen LogP contribution in [0.4, 0.5) is 5.69 Å². The second kappa shape index (κ2) is 16.1. The van der Waals surface area contributed by atoms with Crippen LogP contribution in [0.2, 0.25) is 0 Å². The molecule has 1 aliphatic rings. The fraction of sp³-hybridized carbons (Fsp3) is 0.163. The number of nitrogens with two attached hydrogens (primary N) is 1. The van der Waals surface area contributed by atoms with Gasteiger partial charge in [0.1, 0.15) is 34.5 Å². The predicted octanol–water partition coefficient (Wildman–Crippen LogP) is 9.30. The molecule has 0 fully saturated rings. The number of benzene rings is 5. The third-order valence-corrected chi connectivity index (χ3v) is 10.2. The van der Waals surface area contributed by atoms with Gasteiger partial charge >= 0.3 is 0 Å². The third kappa shape index (κ3) is 8.93. The molecule has 0 atom stereocenters. The first-order chi connectivity index (χ1) is 25.1. The topological polar surface area (TPSA) is 100 Å². The molecule has 0 unspecified atom stereocenters. The summed E-state index contributed by atoms with van der Waals surface area (Å²) in [4.78, 5) is 2.45. The Morgan fingerprint density at radius 1 is 0.827 bits per heavy atom. The van der Waals surface area contributed by atoms with Gasteiger partial charge in [-0.15, -0.1) is 0 Å². The Balaban J connectivity index is 1.04. The standard InChI is InChI=1S/C43H42N2O6S/c1-30(2)23-34(27-44)32(4)48-22-21-33-7-5-9-39(25-33)50-37-12-16-41(17-13-37)52(46,47)42-18-14-38(15-19-42)51-40-10-6-8-36(26-40)45-28-35-24-31(3)11-20-43(35)49-29-45/h5-20,23-26H,1,4,21-22,27-29,44H2,2-3H3/b34-23-. The van der Waals surface area contributed by atoms with E-state index in [0.717, 1.165) is 40.3 Å². The fourth-order valence-corrected chi connectivity index (χ4v) is 7.02. The highest BCUT2D eigenvalue weighted by Gasteiger charge is 2.20. The average molecular weight is 715 g/mol. The lowest BCUT2D eigenvalue weighted by Gasteiger charge is -2.31. The molecule has 1 heterocycles. The largest absolute Gasteiger partial charge is 0.494 e. The van der Waals surface area contributed by atoms with Gasteiger partial charge < -0.3 is 29.6 Å². The lowest BCUT2D eigenvalue weighted by Crippen LogP contribution is -2.31. The molecule has 6 rings (SSSR count). The zero-order valence-electron chi connectivity index (χ0n) is 29.4. The van der Waals surface area contributed by atoms with Crippen LogP contribution >= 0.6 is 0 Å². The van der Waals surface area contributed by atoms with E-state index in [4.69, 9.17) is 24.7 Å². The predicted molar refractivity (Wildman–Crippen MR) is 205 cm³/mol. The minimum atomic E-state index is -3.78. The molecule has 2 N–H and O–H groups in total. The molecule has 0 amide bonds. The summed E-state index contributed by atoms with van der Waals surface area (Å²) in [6.07, 6.45) is 2.50. The number of hydrogen-bond acceptors (Lipinski definition) is 8. The molecule has 0 bridgehead atoms. The van der Waals surface area contributed by atoms with Crippen molar-refractivity contribution in [2.75, 3.05) is 24.8 Å². The summed E-state index contributed by atoms with van der Waals surface area (Å²) >= 11 is 0. The zero-order valence-corrected chi connectivity index (χ0v) is 30.2. The van der Waals surface area contributed by atoms with Crippen molar-refractivity contribution >= 4 is 15.5 Å². The van der Waals surface area contributed by atoms with E-state index < -0.39 is 9.84 Å². The lowest BCUT2D eigenvalue weighted by atomic mass is 10.1. The summed E-state index contributed by atoms with van der Waals surface area (Å²) in [5, 5.41) is 0. The summed E-state index contributed by atoms with van der Waals surface area (Å²) in [7, 11) is -3.78. The van der Waals surface area contributed by atoms with Crippen molar-refractivity contribution in [2.45, 2.75) is 36.6 Å². The van der Waals surface area contributed by atoms with Crippen LogP contribution in [0.3, 0.4) is 0 Å². The number of nitrogens with zero attached hydrogens (tertiary/aromatic N) is 1. The Kier molecular flexibility index (Phi) is 11.1. The van der Waals surface area contributed by atoms with Crippen LogP contribution in [0.15, 0.2) is 161 Å². The Morgan fingerprint density at radius 3 is 2.10 bits per heavy atom. The number of anilines is 1. The van der Waals surface area contributed by atoms with Crippen LogP contribution in [0.25, 0.3) is 0 Å². The molecular formula is C43H42N2O6S. The van der Waals surface area contributed by atoms with Crippen LogP contribution in [-0.2, 0) is 27.5 Å². The normalized spacial score (nSPS) is 12.8. The maximum absolute atomic E-state index is 13.5. The highest BCUT2D eigenvalue weighted by atomic mass is 32.2. The number of ether oxygens (including phenoxy) is 4. The van der Waals surface area contributed by atoms with Crippen LogP contribution < -0.4 is 24.8 Å². The second-order valence-corrected chi connectivity index (χ2v) is 14.6. The van der Waals surface area contributed by atoms with E-state index in [1.54, 1.807) is 48.5 Å². The molecule has 5 aromatic rings. The van der Waals surface area contributed by atoms with Gasteiger partial charge in [-0.05, 0) is 98.3 Å². The maximum atomic E-state index is 13.5. The van der Waals surface area contributed by atoms with E-state index in [2.05, 4.69) is 37.1 Å². The minimum Gasteiger partial charge on any atom is -0.494 e. The molecule has 0 radical (unpaired) electrons. The summed E-state index contributed by atoms with van der Waals surface area (Å²) < 4.78 is 50.9. The average Bonchev–Trinajstić information content (AvgIpc) is 3.14. The third-order valence-electron chi connectivity index (χ3n) is 8.44. The van der Waals surface area contributed by atoms with Crippen LogP contribution in [0, 0.1) is 6.92 Å². The first-order valence-corrected chi connectivity index (χ1v) is 18.4. The van der Waals surface area contributed by atoms with Crippen molar-refractivity contribution in [3.8, 4) is 28.7 Å². The van der Waals surface area contributed by atoms with E-state index >= 15 is 0 Å². The van der Waals surface area contributed by atoms with Gasteiger partial charge in [-0.2, -0.15) is 0 Å². The first-order valence-electron chi connectivity index (χ1n) is 16.9. The molecule has 266 valence electrons. The molecule has 1 aliphatic heterocycles. The second-order valence-electron chi connectivity index (χ2n) is 12.6. The number of hydrogen-bond donors (Lipinski definition) is 1. The van der Waals surface area contributed by atoms with E-state index in [0.29, 0.717) is 55.1 Å². The van der Waals surface area contributed by atoms with Crippen LogP contribution in [0.1, 0.15) is 23.6 Å². The molecule has 8 nitrogen and oxygen atoms in total. The number of allylic oxidation sites excluding steroid dienone is 2. The molecule has 52 heavy (non-hydrogen) atoms. The zero-order chi connectivity index (χ0) is 36.7. The monoisotopic (exact) mass is 714 g/mol. The fourth-order valence-electron chi connectivity index (χ4n) is 5.76. The first kappa shape index (κ1) is 36.0. The van der Waals surface area contributed by atoms with Gasteiger partial charge in [-0.1, -0.05) is 60.7 Å². The van der Waals surface area contributed by atoms with E-state index in [1.165, 1.54) is 5.56 Å². The van der Waals surface area contributed by atoms with Gasteiger partial charge in [0.2, 0.25) is 9.84 Å². The highest BCUT2D eigenvalue weighted by Crippen LogP contribution is 2.33. The Bertz CT molecular complexity index is 2210. The highest BCUT2D eigenvalue weighted by molar-refractivity contribution is 7.91. The summed E-state index contributed by atoms with van der Waals surface area (Å²) in [5.41, 5.74) is 11.8. The smallest absolute Gasteiger partial charge is 0.206 e. The van der Waals surface area contributed by atoms with Crippen LogP contribution in [-0.4, -0.2) is 28.3 Å². The van der Waals surface area contributed by atoms with Gasteiger partial charge in [0, 0.05) is 42.4 Å². The van der Waals surface area contributed by atoms with Gasteiger partial charge in [0.05, 0.1) is 16.4 Å². The molecular weight excluding hydrogens is 673 g/mol. The van der Waals surface area contributed by atoms with Crippen LogP contribution in [0.5, 0.6) is 28.7 Å². The van der Waals surface area contributed by atoms with Gasteiger partial charge in [0.15, 0.2) is 6.73 Å². The summed E-state index contributed by atoms with van der Waals surface area (Å²) in [5.74, 6) is 3.74. The maximum Gasteiger partial charge on any atom is 0.206 e. The molecule has 0 spiro atoms. The molecule has 0 aromatic heterocycles. The van der Waals surface area contributed by atoms with E-state index in [-0.39, 0.29) is 9.79 Å². The summed E-state index contributed by atoms with van der Waals surface area (Å²) in [6.45, 7) is 13.7.